The molecule has 1 atom stereocenters. The fourth-order valence-electron chi connectivity index (χ4n) is 1.96. The molecule has 2 N–H and O–H groups in total. The van der Waals surface area contributed by atoms with Gasteiger partial charge in [0.05, 0.1) is 5.69 Å². The van der Waals surface area contributed by atoms with E-state index in [9.17, 15) is 14.3 Å². The van der Waals surface area contributed by atoms with Crippen LogP contribution in [-0.2, 0) is 4.79 Å². The number of anilines is 1. The van der Waals surface area contributed by atoms with Crippen LogP contribution in [0.4, 0.5) is 9.52 Å². The van der Waals surface area contributed by atoms with E-state index in [-0.39, 0.29) is 0 Å². The lowest BCUT2D eigenvalue weighted by Gasteiger charge is -2.09. The van der Waals surface area contributed by atoms with Crippen LogP contribution in [-0.4, -0.2) is 21.0 Å². The van der Waals surface area contributed by atoms with Gasteiger partial charge in [-0.05, 0) is 29.8 Å². The highest BCUT2D eigenvalue weighted by molar-refractivity contribution is 7.14. The number of carbonyl (C=O) groups is 1. The normalized spacial score (nSPS) is 11.9. The zero-order valence-corrected chi connectivity index (χ0v) is 12.6. The molecule has 7 heteroatoms. The van der Waals surface area contributed by atoms with E-state index in [2.05, 4.69) is 15.3 Å². The SMILES string of the molecule is O=C(Nc1nc(-c2ccncc2)cs1)C(O)c1ccc(F)cc1. The van der Waals surface area contributed by atoms with Crippen LogP contribution in [0, 0.1) is 5.82 Å². The van der Waals surface area contributed by atoms with Crippen LogP contribution in [0.25, 0.3) is 11.3 Å². The summed E-state index contributed by atoms with van der Waals surface area (Å²) in [6.07, 6.45) is 1.93. The number of carbonyl (C=O) groups excluding carboxylic acids is 1. The van der Waals surface area contributed by atoms with Gasteiger partial charge in [-0.2, -0.15) is 0 Å². The van der Waals surface area contributed by atoms with E-state index in [4.69, 9.17) is 0 Å². The van der Waals surface area contributed by atoms with Crippen LogP contribution < -0.4 is 5.32 Å². The third-order valence-electron chi connectivity index (χ3n) is 3.14. The number of aliphatic hydroxyl groups is 1. The van der Waals surface area contributed by atoms with Gasteiger partial charge >= 0.3 is 0 Å². The number of aromatic nitrogens is 2. The molecule has 0 aliphatic heterocycles. The second-order valence-corrected chi connectivity index (χ2v) is 5.58. The van der Waals surface area contributed by atoms with E-state index in [0.717, 1.165) is 5.56 Å². The molecule has 0 spiro atoms. The first-order valence-electron chi connectivity index (χ1n) is 6.74. The Bertz CT molecular complexity index is 806. The Labute approximate surface area is 135 Å². The van der Waals surface area contributed by atoms with E-state index in [1.807, 2.05) is 12.1 Å². The number of benzene rings is 1. The van der Waals surface area contributed by atoms with Gasteiger partial charge in [0.2, 0.25) is 0 Å². The van der Waals surface area contributed by atoms with E-state index < -0.39 is 17.8 Å². The first kappa shape index (κ1) is 15.3. The van der Waals surface area contributed by atoms with Crippen molar-refractivity contribution in [2.24, 2.45) is 0 Å². The summed E-state index contributed by atoms with van der Waals surface area (Å²) in [5.41, 5.74) is 1.91. The smallest absolute Gasteiger partial charge is 0.259 e. The molecule has 1 unspecified atom stereocenters. The Hall–Kier alpha value is -2.64. The molecule has 3 aromatic rings. The second kappa shape index (κ2) is 6.64. The molecule has 0 bridgehead atoms. The molecule has 0 fully saturated rings. The third-order valence-corrected chi connectivity index (χ3v) is 3.90. The Kier molecular flexibility index (Phi) is 4.40. The summed E-state index contributed by atoms with van der Waals surface area (Å²) in [4.78, 5) is 20.3. The number of pyridine rings is 1. The second-order valence-electron chi connectivity index (χ2n) is 4.72. The Morgan fingerprint density at radius 2 is 1.87 bits per heavy atom. The van der Waals surface area contributed by atoms with Gasteiger partial charge in [0.1, 0.15) is 5.82 Å². The van der Waals surface area contributed by atoms with Crippen molar-refractivity contribution in [2.45, 2.75) is 6.10 Å². The van der Waals surface area contributed by atoms with Crippen LogP contribution in [0.1, 0.15) is 11.7 Å². The Morgan fingerprint density at radius 3 is 2.57 bits per heavy atom. The number of thiazole rings is 1. The average molecular weight is 329 g/mol. The molecule has 116 valence electrons. The molecule has 23 heavy (non-hydrogen) atoms. The minimum atomic E-state index is -1.39. The van der Waals surface area contributed by atoms with Gasteiger partial charge in [-0.15, -0.1) is 11.3 Å². The number of nitrogens with zero attached hydrogens (tertiary/aromatic N) is 2. The molecule has 0 aliphatic rings. The lowest BCUT2D eigenvalue weighted by molar-refractivity contribution is -0.124. The van der Waals surface area contributed by atoms with Gasteiger partial charge in [-0.3, -0.25) is 15.1 Å². The van der Waals surface area contributed by atoms with Crippen molar-refractivity contribution in [3.05, 3.63) is 65.6 Å². The summed E-state index contributed by atoms with van der Waals surface area (Å²) >= 11 is 1.25. The highest BCUT2D eigenvalue weighted by Crippen LogP contribution is 2.25. The fourth-order valence-corrected chi connectivity index (χ4v) is 2.68. The molecule has 2 aromatic heterocycles. The lowest BCUT2D eigenvalue weighted by Crippen LogP contribution is -2.20. The van der Waals surface area contributed by atoms with Crippen molar-refractivity contribution < 1.29 is 14.3 Å². The molecule has 0 saturated carbocycles. The number of aliphatic hydroxyl groups excluding tert-OH is 1. The lowest BCUT2D eigenvalue weighted by atomic mass is 10.1. The maximum absolute atomic E-state index is 12.9. The molecule has 5 nitrogen and oxygen atoms in total. The number of hydrogen-bond acceptors (Lipinski definition) is 5. The van der Waals surface area contributed by atoms with Gasteiger partial charge in [-0.25, -0.2) is 9.37 Å². The summed E-state index contributed by atoms with van der Waals surface area (Å²) in [5, 5.41) is 14.7. The Balaban J connectivity index is 1.71. The number of rotatable bonds is 4. The predicted molar refractivity (Wildman–Crippen MR) is 85.3 cm³/mol. The van der Waals surface area contributed by atoms with Crippen LogP contribution in [0.3, 0.4) is 0 Å². The molecule has 0 radical (unpaired) electrons. The van der Waals surface area contributed by atoms with E-state index >= 15 is 0 Å². The van der Waals surface area contributed by atoms with Crippen molar-refractivity contribution in [1.82, 2.24) is 9.97 Å². The van der Waals surface area contributed by atoms with E-state index in [0.29, 0.717) is 16.4 Å². The highest BCUT2D eigenvalue weighted by Gasteiger charge is 2.18. The van der Waals surface area contributed by atoms with Crippen molar-refractivity contribution in [3.63, 3.8) is 0 Å². The fraction of sp³-hybridized carbons (Fsp3) is 0.0625. The summed E-state index contributed by atoms with van der Waals surface area (Å²) < 4.78 is 12.9. The quantitative estimate of drug-likeness (QED) is 0.771. The highest BCUT2D eigenvalue weighted by atomic mass is 32.1. The first-order chi connectivity index (χ1) is 11.1. The standard InChI is InChI=1S/C16H12FN3O2S/c17-12-3-1-11(2-4-12)14(21)15(22)20-16-19-13(9-23-16)10-5-7-18-8-6-10/h1-9,14,21H,(H,19,20,22). The minimum Gasteiger partial charge on any atom is -0.378 e. The van der Waals surface area contributed by atoms with Gasteiger partial charge < -0.3 is 5.11 Å². The van der Waals surface area contributed by atoms with Crippen molar-refractivity contribution in [3.8, 4) is 11.3 Å². The molecular weight excluding hydrogens is 317 g/mol. The summed E-state index contributed by atoms with van der Waals surface area (Å²) in [5.74, 6) is -1.05. The zero-order chi connectivity index (χ0) is 16.2. The summed E-state index contributed by atoms with van der Waals surface area (Å²) in [6.45, 7) is 0. The molecule has 1 amide bonds. The molecule has 1 aromatic carbocycles. The number of amides is 1. The van der Waals surface area contributed by atoms with Crippen LogP contribution >= 0.6 is 11.3 Å². The minimum absolute atomic E-state index is 0.315. The molecule has 0 aliphatic carbocycles. The van der Waals surface area contributed by atoms with Gasteiger partial charge in [0.25, 0.3) is 5.91 Å². The van der Waals surface area contributed by atoms with Crippen molar-refractivity contribution >= 4 is 22.4 Å². The van der Waals surface area contributed by atoms with Gasteiger partial charge in [0, 0.05) is 23.3 Å². The van der Waals surface area contributed by atoms with Gasteiger partial charge in [0.15, 0.2) is 11.2 Å². The largest absolute Gasteiger partial charge is 0.378 e. The van der Waals surface area contributed by atoms with Gasteiger partial charge in [-0.1, -0.05) is 12.1 Å². The zero-order valence-electron chi connectivity index (χ0n) is 11.8. The third kappa shape index (κ3) is 3.58. The van der Waals surface area contributed by atoms with Crippen LogP contribution in [0.5, 0.6) is 0 Å². The van der Waals surface area contributed by atoms with Crippen molar-refractivity contribution in [1.29, 1.82) is 0 Å². The summed E-state index contributed by atoms with van der Waals surface area (Å²) in [7, 11) is 0. The van der Waals surface area contributed by atoms with Crippen LogP contribution in [0.2, 0.25) is 0 Å². The maximum atomic E-state index is 12.9. The molecule has 3 rings (SSSR count). The summed E-state index contributed by atoms with van der Waals surface area (Å²) in [6, 6.07) is 8.74. The first-order valence-corrected chi connectivity index (χ1v) is 7.62. The molecular formula is C16H12FN3O2S. The number of hydrogen-bond donors (Lipinski definition) is 2. The molecule has 2 heterocycles. The van der Waals surface area contributed by atoms with E-state index in [1.54, 1.807) is 17.8 Å². The Morgan fingerprint density at radius 1 is 1.17 bits per heavy atom. The van der Waals surface area contributed by atoms with E-state index in [1.165, 1.54) is 35.6 Å². The monoisotopic (exact) mass is 329 g/mol. The number of halogens is 1. The maximum Gasteiger partial charge on any atom is 0.259 e. The van der Waals surface area contributed by atoms with Crippen molar-refractivity contribution in [2.75, 3.05) is 5.32 Å². The predicted octanol–water partition coefficient (Wildman–Crippen LogP) is 3.02. The molecule has 0 saturated heterocycles. The average Bonchev–Trinajstić information content (AvgIpc) is 3.04. The van der Waals surface area contributed by atoms with Crippen LogP contribution in [0.15, 0.2) is 54.2 Å². The number of nitrogens with one attached hydrogen (secondary N) is 1. The topological polar surface area (TPSA) is 75.1 Å².